The Balaban J connectivity index is 0.00000121. The average molecular weight is 174 g/mol. The van der Waals surface area contributed by atoms with E-state index in [4.69, 9.17) is 4.74 Å². The van der Waals surface area contributed by atoms with Crippen LogP contribution in [-0.2, 0) is 4.74 Å². The molecule has 0 spiro atoms. The molecule has 12 heavy (non-hydrogen) atoms. The first-order valence-corrected chi connectivity index (χ1v) is 3.56. The van der Waals surface area contributed by atoms with E-state index in [2.05, 4.69) is 0 Å². The third-order valence-corrected chi connectivity index (χ3v) is 1.28. The Kier molecular flexibility index (Phi) is 5.75. The molecule has 1 aromatic rings. The van der Waals surface area contributed by atoms with Crippen molar-refractivity contribution in [1.29, 1.82) is 0 Å². The van der Waals surface area contributed by atoms with E-state index in [-0.39, 0.29) is 29.0 Å². The van der Waals surface area contributed by atoms with Crippen LogP contribution in [0.5, 0.6) is 0 Å². The zero-order valence-corrected chi connectivity index (χ0v) is 8.53. The first kappa shape index (κ1) is 11.5. The third-order valence-electron chi connectivity index (χ3n) is 1.28. The molecule has 1 aromatic carbocycles. The van der Waals surface area contributed by atoms with Gasteiger partial charge in [0.25, 0.3) is 0 Å². The molecule has 0 unspecified atom stereocenters. The van der Waals surface area contributed by atoms with Crippen molar-refractivity contribution < 1.29 is 9.53 Å². The van der Waals surface area contributed by atoms with E-state index in [1.54, 1.807) is 19.1 Å². The van der Waals surface area contributed by atoms with Crippen LogP contribution >= 0.6 is 0 Å². The van der Waals surface area contributed by atoms with Crippen LogP contribution in [0.3, 0.4) is 0 Å². The summed E-state index contributed by atoms with van der Waals surface area (Å²) in [6, 6.07) is 8.96. The number of carbonyl (C=O) groups is 1. The van der Waals surface area contributed by atoms with Crippen LogP contribution in [0.4, 0.5) is 0 Å². The van der Waals surface area contributed by atoms with Crippen molar-refractivity contribution in [2.24, 2.45) is 0 Å². The van der Waals surface area contributed by atoms with E-state index in [1.165, 1.54) is 0 Å². The number of esters is 1. The first-order valence-electron chi connectivity index (χ1n) is 3.56. The molecule has 0 atom stereocenters. The standard InChI is InChI=1S/C9H10O2.Mg/c1-2-11-9(10)8-6-4-3-5-7-8;/h3-7H,2H2,1H3;/q;+2. The monoisotopic (exact) mass is 174 g/mol. The van der Waals surface area contributed by atoms with Gasteiger partial charge in [-0.1, -0.05) is 18.2 Å². The van der Waals surface area contributed by atoms with Crippen molar-refractivity contribution in [2.45, 2.75) is 6.92 Å². The van der Waals surface area contributed by atoms with Crippen molar-refractivity contribution >= 4 is 29.0 Å². The van der Waals surface area contributed by atoms with Gasteiger partial charge in [0, 0.05) is 0 Å². The molecule has 0 amide bonds. The minimum absolute atomic E-state index is 0. The van der Waals surface area contributed by atoms with E-state index >= 15 is 0 Å². The number of ether oxygens (including phenoxy) is 1. The smallest absolute Gasteiger partial charge is 0.462 e. The first-order chi connectivity index (χ1) is 5.34. The van der Waals surface area contributed by atoms with Crippen molar-refractivity contribution in [3.63, 3.8) is 0 Å². The predicted octanol–water partition coefficient (Wildman–Crippen LogP) is 1.48. The second-order valence-corrected chi connectivity index (χ2v) is 2.09. The normalized spacial score (nSPS) is 8.42. The number of hydrogen-bond acceptors (Lipinski definition) is 2. The van der Waals surface area contributed by atoms with Gasteiger partial charge in [-0.15, -0.1) is 0 Å². The fourth-order valence-corrected chi connectivity index (χ4v) is 0.789. The molecule has 0 saturated heterocycles. The largest absolute Gasteiger partial charge is 2.00 e. The molecular formula is C9H10MgO2+2. The van der Waals surface area contributed by atoms with Crippen molar-refractivity contribution in [1.82, 2.24) is 0 Å². The molecular weight excluding hydrogens is 164 g/mol. The summed E-state index contributed by atoms with van der Waals surface area (Å²) in [5.41, 5.74) is 0.606. The van der Waals surface area contributed by atoms with E-state index in [0.717, 1.165) is 0 Å². The van der Waals surface area contributed by atoms with Gasteiger partial charge in [-0.3, -0.25) is 0 Å². The molecule has 1 rings (SSSR count). The van der Waals surface area contributed by atoms with Crippen LogP contribution in [0.2, 0.25) is 0 Å². The molecule has 0 saturated carbocycles. The molecule has 0 heterocycles. The number of rotatable bonds is 2. The van der Waals surface area contributed by atoms with Crippen LogP contribution < -0.4 is 0 Å². The average Bonchev–Trinajstić information content (AvgIpc) is 2.07. The number of benzene rings is 1. The van der Waals surface area contributed by atoms with Crippen LogP contribution in [0.25, 0.3) is 0 Å². The Bertz CT molecular complexity index is 234. The third kappa shape index (κ3) is 3.24. The van der Waals surface area contributed by atoms with E-state index in [0.29, 0.717) is 12.2 Å². The van der Waals surface area contributed by atoms with Crippen LogP contribution in [0, 0.1) is 0 Å². The molecule has 0 aliphatic rings. The topological polar surface area (TPSA) is 26.3 Å². The van der Waals surface area contributed by atoms with Crippen molar-refractivity contribution in [3.8, 4) is 0 Å². The van der Waals surface area contributed by atoms with Gasteiger partial charge in [0.1, 0.15) is 0 Å². The molecule has 0 aromatic heterocycles. The zero-order valence-electron chi connectivity index (χ0n) is 7.12. The minimum atomic E-state index is -0.256. The van der Waals surface area contributed by atoms with Gasteiger partial charge in [0.2, 0.25) is 0 Å². The Hall–Kier alpha value is -0.544. The summed E-state index contributed by atoms with van der Waals surface area (Å²) in [5.74, 6) is -0.256. The molecule has 0 fully saturated rings. The Morgan fingerprint density at radius 2 is 1.92 bits per heavy atom. The number of carbonyl (C=O) groups excluding carboxylic acids is 1. The molecule has 3 heteroatoms. The number of hydrogen-bond donors (Lipinski definition) is 0. The quantitative estimate of drug-likeness (QED) is 0.502. The SMILES string of the molecule is CCOC(=O)c1ccccc1.[Mg+2]. The Morgan fingerprint density at radius 1 is 1.33 bits per heavy atom. The second kappa shape index (κ2) is 6.03. The maximum Gasteiger partial charge on any atom is 2.00 e. The van der Waals surface area contributed by atoms with Gasteiger partial charge in [0.05, 0.1) is 12.2 Å². The van der Waals surface area contributed by atoms with Gasteiger partial charge in [-0.25, -0.2) is 4.79 Å². The van der Waals surface area contributed by atoms with Gasteiger partial charge in [-0.05, 0) is 19.1 Å². The predicted molar refractivity (Wildman–Crippen MR) is 48.2 cm³/mol. The molecule has 2 nitrogen and oxygen atoms in total. The van der Waals surface area contributed by atoms with E-state index in [1.807, 2.05) is 18.2 Å². The van der Waals surface area contributed by atoms with Crippen LogP contribution in [-0.4, -0.2) is 35.6 Å². The van der Waals surface area contributed by atoms with Crippen LogP contribution in [0.15, 0.2) is 30.3 Å². The van der Waals surface area contributed by atoms with E-state index in [9.17, 15) is 4.79 Å². The van der Waals surface area contributed by atoms with E-state index < -0.39 is 0 Å². The van der Waals surface area contributed by atoms with Crippen molar-refractivity contribution in [3.05, 3.63) is 35.9 Å². The fourth-order valence-electron chi connectivity index (χ4n) is 0.789. The molecule has 0 radical (unpaired) electrons. The van der Waals surface area contributed by atoms with Gasteiger partial charge < -0.3 is 4.74 Å². The summed E-state index contributed by atoms with van der Waals surface area (Å²) in [5, 5.41) is 0. The summed E-state index contributed by atoms with van der Waals surface area (Å²) in [7, 11) is 0. The second-order valence-electron chi connectivity index (χ2n) is 2.09. The fraction of sp³-hybridized carbons (Fsp3) is 0.222. The Labute approximate surface area is 88.1 Å². The van der Waals surface area contributed by atoms with Crippen molar-refractivity contribution in [2.75, 3.05) is 6.61 Å². The molecule has 0 aliphatic carbocycles. The van der Waals surface area contributed by atoms with Gasteiger partial charge in [0.15, 0.2) is 0 Å². The minimum Gasteiger partial charge on any atom is -0.462 e. The molecule has 0 N–H and O–H groups in total. The summed E-state index contributed by atoms with van der Waals surface area (Å²) in [6.07, 6.45) is 0. The summed E-state index contributed by atoms with van der Waals surface area (Å²) < 4.78 is 4.79. The summed E-state index contributed by atoms with van der Waals surface area (Å²) in [6.45, 7) is 2.22. The van der Waals surface area contributed by atoms with Crippen LogP contribution in [0.1, 0.15) is 17.3 Å². The zero-order chi connectivity index (χ0) is 8.10. The maximum atomic E-state index is 11.0. The van der Waals surface area contributed by atoms with Gasteiger partial charge in [-0.2, -0.15) is 0 Å². The summed E-state index contributed by atoms with van der Waals surface area (Å²) in [4.78, 5) is 11.0. The molecule has 0 aliphatic heterocycles. The molecule has 0 bridgehead atoms. The van der Waals surface area contributed by atoms with Gasteiger partial charge >= 0.3 is 29.0 Å². The molecule has 58 valence electrons. The summed E-state index contributed by atoms with van der Waals surface area (Å²) >= 11 is 0. The maximum absolute atomic E-state index is 11.0. The Morgan fingerprint density at radius 3 is 2.42 bits per heavy atom.